The number of benzene rings is 1. The number of carbonyl (C=O) groups is 2. The summed E-state index contributed by atoms with van der Waals surface area (Å²) in [5.41, 5.74) is 0.685. The molecule has 0 radical (unpaired) electrons. The highest BCUT2D eigenvalue weighted by Gasteiger charge is 2.23. The monoisotopic (exact) mass is 325 g/mol. The van der Waals surface area contributed by atoms with E-state index in [0.29, 0.717) is 17.9 Å². The molecular formula is C19H23N3O2. The summed E-state index contributed by atoms with van der Waals surface area (Å²) in [6, 6.07) is 9.18. The number of imidazole rings is 1. The van der Waals surface area contributed by atoms with Crippen molar-refractivity contribution in [2.75, 3.05) is 13.1 Å². The summed E-state index contributed by atoms with van der Waals surface area (Å²) in [5, 5.41) is 0. The maximum Gasteiger partial charge on any atom is 0.223 e. The van der Waals surface area contributed by atoms with E-state index in [1.54, 1.807) is 18.3 Å². The highest BCUT2D eigenvalue weighted by atomic mass is 16.2. The van der Waals surface area contributed by atoms with E-state index >= 15 is 0 Å². The molecule has 1 saturated heterocycles. The summed E-state index contributed by atoms with van der Waals surface area (Å²) in [4.78, 5) is 30.4. The van der Waals surface area contributed by atoms with Crippen molar-refractivity contribution in [3.05, 3.63) is 54.6 Å². The zero-order valence-electron chi connectivity index (χ0n) is 13.8. The smallest absolute Gasteiger partial charge is 0.223 e. The van der Waals surface area contributed by atoms with Crippen molar-refractivity contribution in [2.24, 2.45) is 5.92 Å². The molecule has 0 aliphatic carbocycles. The zero-order chi connectivity index (χ0) is 16.8. The van der Waals surface area contributed by atoms with Gasteiger partial charge in [0.15, 0.2) is 5.78 Å². The van der Waals surface area contributed by atoms with Crippen LogP contribution in [0.2, 0.25) is 0 Å². The Morgan fingerprint density at radius 3 is 2.50 bits per heavy atom. The van der Waals surface area contributed by atoms with Crippen LogP contribution < -0.4 is 0 Å². The van der Waals surface area contributed by atoms with E-state index in [0.717, 1.165) is 32.5 Å². The van der Waals surface area contributed by atoms with Crippen molar-refractivity contribution in [3.63, 3.8) is 0 Å². The summed E-state index contributed by atoms with van der Waals surface area (Å²) >= 11 is 0. The molecule has 1 amide bonds. The third-order valence-electron chi connectivity index (χ3n) is 4.66. The van der Waals surface area contributed by atoms with Crippen LogP contribution in [0, 0.1) is 5.92 Å². The van der Waals surface area contributed by atoms with Crippen molar-refractivity contribution in [2.45, 2.75) is 32.2 Å². The van der Waals surface area contributed by atoms with Crippen molar-refractivity contribution in [1.29, 1.82) is 0 Å². The van der Waals surface area contributed by atoms with E-state index in [-0.39, 0.29) is 18.1 Å². The molecule has 2 aromatic rings. The fraction of sp³-hybridized carbons (Fsp3) is 0.421. The molecule has 0 saturated carbocycles. The highest BCUT2D eigenvalue weighted by molar-refractivity contribution is 5.97. The van der Waals surface area contributed by atoms with Crippen LogP contribution in [0.1, 0.15) is 36.0 Å². The second-order valence-electron chi connectivity index (χ2n) is 6.37. The van der Waals surface area contributed by atoms with Gasteiger partial charge in [0.05, 0.1) is 6.33 Å². The lowest BCUT2D eigenvalue weighted by Crippen LogP contribution is -2.39. The first-order chi connectivity index (χ1) is 11.7. The molecule has 1 aliphatic heterocycles. The SMILES string of the molecule is O=C(CCC(=O)N1CCC(Cn2ccnc2)CC1)c1ccccc1. The predicted octanol–water partition coefficient (Wildman–Crippen LogP) is 2.78. The first-order valence-corrected chi connectivity index (χ1v) is 8.54. The molecule has 5 heteroatoms. The average Bonchev–Trinajstić information content (AvgIpc) is 3.14. The second kappa shape index (κ2) is 7.90. The van der Waals surface area contributed by atoms with Gasteiger partial charge in [0, 0.05) is 50.4 Å². The Balaban J connectivity index is 1.41. The van der Waals surface area contributed by atoms with Crippen LogP contribution in [-0.2, 0) is 11.3 Å². The third-order valence-corrected chi connectivity index (χ3v) is 4.66. The molecule has 0 N–H and O–H groups in total. The van der Waals surface area contributed by atoms with E-state index < -0.39 is 0 Å². The van der Waals surface area contributed by atoms with E-state index in [9.17, 15) is 9.59 Å². The normalized spacial score (nSPS) is 15.4. The number of ketones is 1. The van der Waals surface area contributed by atoms with Crippen molar-refractivity contribution >= 4 is 11.7 Å². The standard InChI is InChI=1S/C19H23N3O2/c23-18(17-4-2-1-3-5-17)6-7-19(24)22-11-8-16(9-12-22)14-21-13-10-20-15-21/h1-5,10,13,15-16H,6-9,11-12,14H2. The van der Waals surface area contributed by atoms with E-state index in [1.807, 2.05) is 35.6 Å². The molecule has 1 aromatic heterocycles. The highest BCUT2D eigenvalue weighted by Crippen LogP contribution is 2.20. The Morgan fingerprint density at radius 2 is 1.83 bits per heavy atom. The molecule has 1 fully saturated rings. The van der Waals surface area contributed by atoms with Gasteiger partial charge in [0.1, 0.15) is 0 Å². The van der Waals surface area contributed by atoms with Gasteiger partial charge in [-0.1, -0.05) is 30.3 Å². The van der Waals surface area contributed by atoms with Gasteiger partial charge >= 0.3 is 0 Å². The van der Waals surface area contributed by atoms with Crippen LogP contribution in [0.3, 0.4) is 0 Å². The Hall–Kier alpha value is -2.43. The Bertz CT molecular complexity index is 659. The molecular weight excluding hydrogens is 302 g/mol. The number of likely N-dealkylation sites (tertiary alicyclic amines) is 1. The van der Waals surface area contributed by atoms with Gasteiger partial charge in [-0.15, -0.1) is 0 Å². The maximum atomic E-state index is 12.3. The second-order valence-corrected chi connectivity index (χ2v) is 6.37. The summed E-state index contributed by atoms with van der Waals surface area (Å²) in [5.74, 6) is 0.730. The molecule has 24 heavy (non-hydrogen) atoms. The topological polar surface area (TPSA) is 55.2 Å². The number of piperidine rings is 1. The van der Waals surface area contributed by atoms with E-state index in [4.69, 9.17) is 0 Å². The van der Waals surface area contributed by atoms with Gasteiger partial charge in [-0.3, -0.25) is 9.59 Å². The predicted molar refractivity (Wildman–Crippen MR) is 91.5 cm³/mol. The Labute approximate surface area is 142 Å². The van der Waals surface area contributed by atoms with Crippen LogP contribution >= 0.6 is 0 Å². The molecule has 0 atom stereocenters. The minimum absolute atomic E-state index is 0.0407. The Kier molecular flexibility index (Phi) is 5.41. The molecule has 5 nitrogen and oxygen atoms in total. The van der Waals surface area contributed by atoms with Crippen LogP contribution in [0.15, 0.2) is 49.1 Å². The van der Waals surface area contributed by atoms with Gasteiger partial charge in [0.2, 0.25) is 5.91 Å². The number of amides is 1. The molecule has 1 aromatic carbocycles. The molecule has 1 aliphatic rings. The van der Waals surface area contributed by atoms with Crippen LogP contribution in [-0.4, -0.2) is 39.2 Å². The van der Waals surface area contributed by atoms with Crippen LogP contribution in [0.4, 0.5) is 0 Å². The number of hydrogen-bond acceptors (Lipinski definition) is 3. The molecule has 0 spiro atoms. The number of nitrogens with zero attached hydrogens (tertiary/aromatic N) is 3. The number of hydrogen-bond donors (Lipinski definition) is 0. The summed E-state index contributed by atoms with van der Waals surface area (Å²) in [7, 11) is 0. The third kappa shape index (κ3) is 4.31. The van der Waals surface area contributed by atoms with Crippen molar-refractivity contribution in [3.8, 4) is 0 Å². The van der Waals surface area contributed by atoms with Gasteiger partial charge in [-0.05, 0) is 18.8 Å². The van der Waals surface area contributed by atoms with E-state index in [2.05, 4.69) is 9.55 Å². The lowest BCUT2D eigenvalue weighted by molar-refractivity contribution is -0.132. The minimum Gasteiger partial charge on any atom is -0.343 e. The number of Topliss-reactive ketones (excluding diaryl/α,β-unsaturated/α-hetero) is 1. The maximum absolute atomic E-state index is 12.3. The fourth-order valence-electron chi connectivity index (χ4n) is 3.20. The van der Waals surface area contributed by atoms with Crippen LogP contribution in [0.5, 0.6) is 0 Å². The number of carbonyl (C=O) groups excluding carboxylic acids is 2. The van der Waals surface area contributed by atoms with Gasteiger partial charge < -0.3 is 9.47 Å². The quantitative estimate of drug-likeness (QED) is 0.767. The van der Waals surface area contributed by atoms with Crippen LogP contribution in [0.25, 0.3) is 0 Å². The molecule has 3 rings (SSSR count). The first kappa shape index (κ1) is 16.4. The summed E-state index contributed by atoms with van der Waals surface area (Å²) in [6.07, 6.45) is 8.23. The van der Waals surface area contributed by atoms with Gasteiger partial charge in [-0.2, -0.15) is 0 Å². The van der Waals surface area contributed by atoms with Gasteiger partial charge in [-0.25, -0.2) is 4.98 Å². The summed E-state index contributed by atoms with van der Waals surface area (Å²) < 4.78 is 2.10. The number of aromatic nitrogens is 2. The largest absolute Gasteiger partial charge is 0.343 e. The summed E-state index contributed by atoms with van der Waals surface area (Å²) in [6.45, 7) is 2.55. The Morgan fingerprint density at radius 1 is 1.08 bits per heavy atom. The molecule has 0 unspecified atom stereocenters. The lowest BCUT2D eigenvalue weighted by atomic mass is 9.96. The number of rotatable bonds is 6. The average molecular weight is 325 g/mol. The molecule has 0 bridgehead atoms. The minimum atomic E-state index is 0.0407. The van der Waals surface area contributed by atoms with Gasteiger partial charge in [0.25, 0.3) is 0 Å². The van der Waals surface area contributed by atoms with E-state index in [1.165, 1.54) is 0 Å². The zero-order valence-corrected chi connectivity index (χ0v) is 13.8. The lowest BCUT2D eigenvalue weighted by Gasteiger charge is -2.32. The van der Waals surface area contributed by atoms with Crippen molar-refractivity contribution < 1.29 is 9.59 Å². The fourth-order valence-corrected chi connectivity index (χ4v) is 3.20. The molecule has 126 valence electrons. The van der Waals surface area contributed by atoms with Crippen molar-refractivity contribution in [1.82, 2.24) is 14.5 Å². The first-order valence-electron chi connectivity index (χ1n) is 8.54. The molecule has 2 heterocycles.